The van der Waals surface area contributed by atoms with Gasteiger partial charge in [0.25, 0.3) is 5.69 Å². The van der Waals surface area contributed by atoms with E-state index in [0.717, 1.165) is 30.6 Å². The van der Waals surface area contributed by atoms with E-state index in [9.17, 15) is 14.9 Å². The summed E-state index contributed by atoms with van der Waals surface area (Å²) in [6.45, 7) is 3.00. The lowest BCUT2D eigenvalue weighted by molar-refractivity contribution is -0.384. The van der Waals surface area contributed by atoms with Crippen molar-refractivity contribution in [2.45, 2.75) is 26.2 Å². The molecule has 3 rings (SSSR count). The van der Waals surface area contributed by atoms with Crippen molar-refractivity contribution in [3.8, 4) is 5.75 Å². The average molecular weight is 340 g/mol. The Bertz CT molecular complexity index is 787. The van der Waals surface area contributed by atoms with Crippen LogP contribution in [-0.4, -0.2) is 24.0 Å². The first kappa shape index (κ1) is 17.0. The van der Waals surface area contributed by atoms with Gasteiger partial charge in [0.1, 0.15) is 5.75 Å². The van der Waals surface area contributed by atoms with Gasteiger partial charge in [-0.05, 0) is 43.0 Å². The van der Waals surface area contributed by atoms with Gasteiger partial charge < -0.3 is 9.64 Å². The van der Waals surface area contributed by atoms with Crippen LogP contribution in [0, 0.1) is 17.0 Å². The Balaban J connectivity index is 1.60. The molecule has 0 saturated heterocycles. The molecule has 0 spiro atoms. The van der Waals surface area contributed by atoms with Crippen molar-refractivity contribution in [1.82, 2.24) is 0 Å². The number of nitro groups is 1. The molecule has 0 atom stereocenters. The van der Waals surface area contributed by atoms with Gasteiger partial charge in [-0.3, -0.25) is 14.9 Å². The summed E-state index contributed by atoms with van der Waals surface area (Å²) in [6, 6.07) is 12.0. The highest BCUT2D eigenvalue weighted by atomic mass is 16.6. The smallest absolute Gasteiger partial charge is 0.269 e. The van der Waals surface area contributed by atoms with Gasteiger partial charge in [-0.15, -0.1) is 0 Å². The fourth-order valence-corrected chi connectivity index (χ4v) is 3.15. The maximum absolute atomic E-state index is 12.6. The number of fused-ring (bicyclic) bond motifs is 1. The van der Waals surface area contributed by atoms with Crippen LogP contribution >= 0.6 is 0 Å². The average Bonchev–Trinajstić information content (AvgIpc) is 2.62. The quantitative estimate of drug-likeness (QED) is 0.615. The molecule has 2 aromatic carbocycles. The first-order valence-corrected chi connectivity index (χ1v) is 8.32. The highest BCUT2D eigenvalue weighted by Crippen LogP contribution is 2.31. The second kappa shape index (κ2) is 7.34. The van der Waals surface area contributed by atoms with E-state index in [1.165, 1.54) is 17.7 Å². The zero-order valence-corrected chi connectivity index (χ0v) is 14.1. The zero-order chi connectivity index (χ0) is 17.8. The molecule has 0 saturated carbocycles. The van der Waals surface area contributed by atoms with Crippen LogP contribution < -0.4 is 9.64 Å². The summed E-state index contributed by atoms with van der Waals surface area (Å²) < 4.78 is 5.55. The van der Waals surface area contributed by atoms with E-state index < -0.39 is 4.92 Å². The number of nitrogens with zero attached hydrogens (tertiary/aromatic N) is 2. The largest absolute Gasteiger partial charge is 0.493 e. The van der Waals surface area contributed by atoms with Crippen LogP contribution in [0.15, 0.2) is 42.5 Å². The van der Waals surface area contributed by atoms with Crippen molar-refractivity contribution in [3.63, 3.8) is 0 Å². The molecule has 0 aromatic heterocycles. The van der Waals surface area contributed by atoms with Gasteiger partial charge in [0.15, 0.2) is 0 Å². The highest BCUT2D eigenvalue weighted by molar-refractivity contribution is 5.95. The standard InChI is InChI=1S/C19H20N2O4/c1-14-4-2-5-15-6-3-12-20(19(14)15)18(22)11-13-25-17-9-7-16(8-10-17)21(23)24/h2,4-5,7-10H,3,6,11-13H2,1H3. The fourth-order valence-electron chi connectivity index (χ4n) is 3.15. The molecule has 0 unspecified atom stereocenters. The molecular weight excluding hydrogens is 320 g/mol. The summed E-state index contributed by atoms with van der Waals surface area (Å²) in [7, 11) is 0. The van der Waals surface area contributed by atoms with Crippen LogP contribution in [0.5, 0.6) is 5.75 Å². The molecule has 0 fully saturated rings. The molecule has 1 heterocycles. The van der Waals surface area contributed by atoms with Crippen molar-refractivity contribution < 1.29 is 14.5 Å². The number of benzene rings is 2. The Hall–Kier alpha value is -2.89. The van der Waals surface area contributed by atoms with Gasteiger partial charge in [0.2, 0.25) is 5.91 Å². The summed E-state index contributed by atoms with van der Waals surface area (Å²) in [5.74, 6) is 0.561. The van der Waals surface area contributed by atoms with Crippen molar-refractivity contribution in [1.29, 1.82) is 0 Å². The van der Waals surface area contributed by atoms with E-state index in [4.69, 9.17) is 4.74 Å². The Labute approximate surface area is 146 Å². The summed E-state index contributed by atoms with van der Waals surface area (Å²) in [4.78, 5) is 24.6. The lowest BCUT2D eigenvalue weighted by Crippen LogP contribution is -2.36. The molecule has 6 nitrogen and oxygen atoms in total. The predicted octanol–water partition coefficient (Wildman–Crippen LogP) is 3.65. The Morgan fingerprint density at radius 2 is 2.00 bits per heavy atom. The number of hydrogen-bond donors (Lipinski definition) is 0. The van der Waals surface area contributed by atoms with Crippen LogP contribution in [0.2, 0.25) is 0 Å². The number of anilines is 1. The number of amides is 1. The molecule has 1 aliphatic rings. The van der Waals surface area contributed by atoms with Crippen LogP contribution in [0.25, 0.3) is 0 Å². The molecular formula is C19H20N2O4. The van der Waals surface area contributed by atoms with Gasteiger partial charge in [-0.2, -0.15) is 0 Å². The third kappa shape index (κ3) is 3.79. The van der Waals surface area contributed by atoms with Gasteiger partial charge in [-0.25, -0.2) is 0 Å². The number of carbonyl (C=O) groups is 1. The second-order valence-electron chi connectivity index (χ2n) is 6.08. The lowest BCUT2D eigenvalue weighted by atomic mass is 9.98. The number of carbonyl (C=O) groups excluding carboxylic acids is 1. The van der Waals surface area contributed by atoms with Crippen LogP contribution in [-0.2, 0) is 11.2 Å². The van der Waals surface area contributed by atoms with E-state index in [1.807, 2.05) is 24.0 Å². The van der Waals surface area contributed by atoms with Crippen molar-refractivity contribution in [2.24, 2.45) is 0 Å². The lowest BCUT2D eigenvalue weighted by Gasteiger charge is -2.31. The molecule has 0 radical (unpaired) electrons. The summed E-state index contributed by atoms with van der Waals surface area (Å²) in [5, 5.41) is 10.6. The molecule has 0 bridgehead atoms. The molecule has 2 aromatic rings. The monoisotopic (exact) mass is 340 g/mol. The minimum atomic E-state index is -0.455. The predicted molar refractivity (Wildman–Crippen MR) is 95.1 cm³/mol. The normalized spacial score (nSPS) is 13.2. The van der Waals surface area contributed by atoms with Crippen LogP contribution in [0.3, 0.4) is 0 Å². The maximum Gasteiger partial charge on any atom is 0.269 e. The minimum absolute atomic E-state index is 0.0174. The first-order chi connectivity index (χ1) is 12.1. The number of nitro benzene ring substituents is 1. The minimum Gasteiger partial charge on any atom is -0.493 e. The topological polar surface area (TPSA) is 72.7 Å². The number of hydrogen-bond acceptors (Lipinski definition) is 4. The highest BCUT2D eigenvalue weighted by Gasteiger charge is 2.23. The van der Waals surface area contributed by atoms with E-state index >= 15 is 0 Å². The first-order valence-electron chi connectivity index (χ1n) is 8.32. The third-order valence-corrected chi connectivity index (χ3v) is 4.35. The Morgan fingerprint density at radius 3 is 2.72 bits per heavy atom. The van der Waals surface area contributed by atoms with E-state index in [2.05, 4.69) is 6.07 Å². The molecule has 6 heteroatoms. The zero-order valence-electron chi connectivity index (χ0n) is 14.1. The maximum atomic E-state index is 12.6. The van der Waals surface area contributed by atoms with E-state index in [-0.39, 0.29) is 24.6 Å². The van der Waals surface area contributed by atoms with E-state index in [1.54, 1.807) is 12.1 Å². The molecule has 1 amide bonds. The van der Waals surface area contributed by atoms with Gasteiger partial charge in [0.05, 0.1) is 18.0 Å². The number of para-hydroxylation sites is 1. The van der Waals surface area contributed by atoms with Gasteiger partial charge in [0, 0.05) is 24.4 Å². The number of rotatable bonds is 5. The SMILES string of the molecule is Cc1cccc2c1N(C(=O)CCOc1ccc([N+](=O)[O-])cc1)CCC2. The molecule has 130 valence electrons. The summed E-state index contributed by atoms with van der Waals surface area (Å²) in [5.41, 5.74) is 3.38. The van der Waals surface area contributed by atoms with Crippen LogP contribution in [0.1, 0.15) is 24.0 Å². The fraction of sp³-hybridized carbons (Fsp3) is 0.316. The molecule has 0 N–H and O–H groups in total. The summed E-state index contributed by atoms with van der Waals surface area (Å²) in [6.07, 6.45) is 2.23. The van der Waals surface area contributed by atoms with Gasteiger partial charge >= 0.3 is 0 Å². The number of ether oxygens (including phenoxy) is 1. The Kier molecular flexibility index (Phi) is 4.97. The van der Waals surface area contributed by atoms with Crippen LogP contribution in [0.4, 0.5) is 11.4 Å². The third-order valence-electron chi connectivity index (χ3n) is 4.35. The summed E-state index contributed by atoms with van der Waals surface area (Å²) >= 11 is 0. The number of aryl methyl sites for hydroxylation is 2. The number of non-ortho nitro benzene ring substituents is 1. The molecule has 25 heavy (non-hydrogen) atoms. The van der Waals surface area contributed by atoms with Crippen molar-refractivity contribution >= 4 is 17.3 Å². The van der Waals surface area contributed by atoms with Crippen molar-refractivity contribution in [3.05, 3.63) is 63.7 Å². The molecule has 1 aliphatic heterocycles. The van der Waals surface area contributed by atoms with E-state index in [0.29, 0.717) is 5.75 Å². The van der Waals surface area contributed by atoms with Crippen molar-refractivity contribution in [2.75, 3.05) is 18.1 Å². The second-order valence-corrected chi connectivity index (χ2v) is 6.08. The molecule has 0 aliphatic carbocycles. The van der Waals surface area contributed by atoms with Gasteiger partial charge in [-0.1, -0.05) is 18.2 Å². The Morgan fingerprint density at radius 1 is 1.24 bits per heavy atom.